The lowest BCUT2D eigenvalue weighted by molar-refractivity contribution is -0.142. The van der Waals surface area contributed by atoms with Crippen LogP contribution in [0.15, 0.2) is 24.3 Å². The quantitative estimate of drug-likeness (QED) is 0.671. The van der Waals surface area contributed by atoms with Crippen molar-refractivity contribution in [1.82, 2.24) is 5.32 Å². The van der Waals surface area contributed by atoms with Crippen LogP contribution in [0.1, 0.15) is 12.5 Å². The summed E-state index contributed by atoms with van der Waals surface area (Å²) in [6, 6.07) is 8.62. The average molecular weight is 278 g/mol. The summed E-state index contributed by atoms with van der Waals surface area (Å²) in [5.41, 5.74) is 0.550. The monoisotopic (exact) mass is 278 g/mol. The van der Waals surface area contributed by atoms with Gasteiger partial charge in [-0.05, 0) is 31.2 Å². The van der Waals surface area contributed by atoms with Crippen molar-refractivity contribution < 1.29 is 19.4 Å². The molecule has 0 amide bonds. The second-order valence-electron chi connectivity index (χ2n) is 4.04. The van der Waals surface area contributed by atoms with Gasteiger partial charge in [-0.3, -0.25) is 4.79 Å². The number of aliphatic hydroxyl groups is 1. The fraction of sp³-hybridized carbons (Fsp3) is 0.429. The Bertz CT molecular complexity index is 453. The molecular weight excluding hydrogens is 260 g/mol. The lowest BCUT2D eigenvalue weighted by Gasteiger charge is -2.13. The number of rotatable bonds is 8. The normalized spacial score (nSPS) is 11.4. The number of nitriles is 1. The first-order valence-electron chi connectivity index (χ1n) is 6.33. The highest BCUT2D eigenvalue weighted by Crippen LogP contribution is 2.11. The molecule has 1 aromatic carbocycles. The first-order chi connectivity index (χ1) is 9.65. The fourth-order valence-corrected chi connectivity index (χ4v) is 1.43. The van der Waals surface area contributed by atoms with E-state index in [9.17, 15) is 9.90 Å². The smallest absolute Gasteiger partial charge is 0.319 e. The highest BCUT2D eigenvalue weighted by molar-refractivity contribution is 5.71. The number of hydrogen-bond donors (Lipinski definition) is 2. The number of carbonyl (C=O) groups excluding carboxylic acids is 1. The summed E-state index contributed by atoms with van der Waals surface area (Å²) in [4.78, 5) is 11.0. The molecule has 1 aromatic rings. The molecule has 1 rings (SSSR count). The van der Waals surface area contributed by atoms with E-state index in [1.54, 1.807) is 31.2 Å². The molecule has 0 bridgehead atoms. The number of aliphatic hydroxyl groups excluding tert-OH is 1. The van der Waals surface area contributed by atoms with Crippen molar-refractivity contribution in [3.05, 3.63) is 29.8 Å². The average Bonchev–Trinajstić information content (AvgIpc) is 2.46. The van der Waals surface area contributed by atoms with Crippen LogP contribution in [0.25, 0.3) is 0 Å². The van der Waals surface area contributed by atoms with Crippen molar-refractivity contribution in [3.63, 3.8) is 0 Å². The third-order valence-electron chi connectivity index (χ3n) is 2.38. The van der Waals surface area contributed by atoms with Gasteiger partial charge in [-0.15, -0.1) is 0 Å². The largest absolute Gasteiger partial charge is 0.491 e. The summed E-state index contributed by atoms with van der Waals surface area (Å²) >= 11 is 0. The Balaban J connectivity index is 2.20. The Labute approximate surface area is 117 Å². The number of benzene rings is 1. The summed E-state index contributed by atoms with van der Waals surface area (Å²) in [6.07, 6.45) is -0.736. The second kappa shape index (κ2) is 8.91. The van der Waals surface area contributed by atoms with Gasteiger partial charge in [-0.2, -0.15) is 5.26 Å². The Morgan fingerprint density at radius 1 is 1.45 bits per heavy atom. The predicted octanol–water partition coefficient (Wildman–Crippen LogP) is 0.451. The van der Waals surface area contributed by atoms with E-state index in [-0.39, 0.29) is 25.7 Å². The van der Waals surface area contributed by atoms with E-state index < -0.39 is 6.10 Å². The standard InChI is InChI=1S/C14H18N2O4/c1-2-19-14(18)9-16-8-12(17)10-20-13-5-3-11(7-15)4-6-13/h3-6,12,16-17H,2,8-10H2,1H3. The molecular formula is C14H18N2O4. The van der Waals surface area contributed by atoms with E-state index in [0.717, 1.165) is 0 Å². The zero-order valence-electron chi connectivity index (χ0n) is 11.3. The molecule has 0 saturated carbocycles. The van der Waals surface area contributed by atoms with Gasteiger partial charge in [0, 0.05) is 6.54 Å². The molecule has 0 saturated heterocycles. The van der Waals surface area contributed by atoms with Crippen LogP contribution in [-0.2, 0) is 9.53 Å². The molecule has 0 aliphatic rings. The lowest BCUT2D eigenvalue weighted by Crippen LogP contribution is -2.35. The van der Waals surface area contributed by atoms with Crippen molar-refractivity contribution in [2.45, 2.75) is 13.0 Å². The number of hydrogen-bond acceptors (Lipinski definition) is 6. The number of esters is 1. The van der Waals surface area contributed by atoms with Gasteiger partial charge in [-0.25, -0.2) is 0 Å². The summed E-state index contributed by atoms with van der Waals surface area (Å²) in [5.74, 6) is 0.223. The number of ether oxygens (including phenoxy) is 2. The highest BCUT2D eigenvalue weighted by Gasteiger charge is 2.07. The Morgan fingerprint density at radius 3 is 2.75 bits per heavy atom. The van der Waals surface area contributed by atoms with Gasteiger partial charge in [0.25, 0.3) is 0 Å². The summed E-state index contributed by atoms with van der Waals surface area (Å²) in [6.45, 7) is 2.46. The number of nitrogens with zero attached hydrogens (tertiary/aromatic N) is 1. The first kappa shape index (κ1) is 16.0. The molecule has 0 fully saturated rings. The van der Waals surface area contributed by atoms with E-state index in [2.05, 4.69) is 5.32 Å². The first-order valence-corrected chi connectivity index (χ1v) is 6.33. The van der Waals surface area contributed by atoms with Crippen molar-refractivity contribution in [2.24, 2.45) is 0 Å². The molecule has 20 heavy (non-hydrogen) atoms. The molecule has 0 aromatic heterocycles. The third kappa shape index (κ3) is 6.18. The molecule has 0 aliphatic heterocycles. The van der Waals surface area contributed by atoms with Gasteiger partial charge >= 0.3 is 5.97 Å². The van der Waals surface area contributed by atoms with E-state index in [4.69, 9.17) is 14.7 Å². The number of nitrogens with one attached hydrogen (secondary N) is 1. The SMILES string of the molecule is CCOC(=O)CNCC(O)COc1ccc(C#N)cc1. The lowest BCUT2D eigenvalue weighted by atomic mass is 10.2. The number of carbonyl (C=O) groups is 1. The van der Waals surface area contributed by atoms with Gasteiger partial charge in [0.05, 0.1) is 24.8 Å². The summed E-state index contributed by atoms with van der Waals surface area (Å²) < 4.78 is 10.1. The molecule has 0 radical (unpaired) electrons. The highest BCUT2D eigenvalue weighted by atomic mass is 16.5. The maximum atomic E-state index is 11.0. The van der Waals surface area contributed by atoms with E-state index in [0.29, 0.717) is 17.9 Å². The van der Waals surface area contributed by atoms with Gasteiger partial charge in [0.15, 0.2) is 0 Å². The van der Waals surface area contributed by atoms with Crippen LogP contribution in [0.4, 0.5) is 0 Å². The molecule has 0 aliphatic carbocycles. The maximum Gasteiger partial charge on any atom is 0.319 e. The van der Waals surface area contributed by atoms with Crippen LogP contribution in [-0.4, -0.2) is 43.5 Å². The molecule has 108 valence electrons. The predicted molar refractivity (Wildman–Crippen MR) is 72.2 cm³/mol. The minimum absolute atomic E-state index is 0.0573. The topological polar surface area (TPSA) is 91.6 Å². The fourth-order valence-electron chi connectivity index (χ4n) is 1.43. The van der Waals surface area contributed by atoms with Crippen molar-refractivity contribution in [2.75, 3.05) is 26.3 Å². The van der Waals surface area contributed by atoms with E-state index >= 15 is 0 Å². The Morgan fingerprint density at radius 2 is 2.15 bits per heavy atom. The van der Waals surface area contributed by atoms with E-state index in [1.165, 1.54) is 0 Å². The molecule has 1 unspecified atom stereocenters. The van der Waals surface area contributed by atoms with Crippen LogP contribution in [0.2, 0.25) is 0 Å². The van der Waals surface area contributed by atoms with Gasteiger partial charge in [0.1, 0.15) is 18.5 Å². The Kier molecular flexibility index (Phi) is 7.11. The minimum Gasteiger partial charge on any atom is -0.491 e. The molecule has 0 spiro atoms. The van der Waals surface area contributed by atoms with Crippen LogP contribution in [0.3, 0.4) is 0 Å². The van der Waals surface area contributed by atoms with Crippen LogP contribution < -0.4 is 10.1 Å². The zero-order valence-corrected chi connectivity index (χ0v) is 11.3. The van der Waals surface area contributed by atoms with Crippen LogP contribution in [0, 0.1) is 11.3 Å². The van der Waals surface area contributed by atoms with Gasteiger partial charge in [-0.1, -0.05) is 0 Å². The summed E-state index contributed by atoms with van der Waals surface area (Å²) in [7, 11) is 0. The maximum absolute atomic E-state index is 11.0. The van der Waals surface area contributed by atoms with Gasteiger partial charge < -0.3 is 19.9 Å². The third-order valence-corrected chi connectivity index (χ3v) is 2.38. The van der Waals surface area contributed by atoms with Crippen LogP contribution in [0.5, 0.6) is 5.75 Å². The molecule has 6 heteroatoms. The van der Waals surface area contributed by atoms with E-state index in [1.807, 2.05) is 6.07 Å². The Hall–Kier alpha value is -2.10. The molecule has 0 heterocycles. The molecule has 1 atom stereocenters. The zero-order chi connectivity index (χ0) is 14.8. The molecule has 2 N–H and O–H groups in total. The van der Waals surface area contributed by atoms with Crippen molar-refractivity contribution >= 4 is 5.97 Å². The van der Waals surface area contributed by atoms with Crippen LogP contribution >= 0.6 is 0 Å². The summed E-state index contributed by atoms with van der Waals surface area (Å²) in [5, 5.41) is 21.1. The van der Waals surface area contributed by atoms with Crippen molar-refractivity contribution in [1.29, 1.82) is 5.26 Å². The van der Waals surface area contributed by atoms with Gasteiger partial charge in [0.2, 0.25) is 0 Å². The second-order valence-corrected chi connectivity index (χ2v) is 4.04. The van der Waals surface area contributed by atoms with Crippen molar-refractivity contribution in [3.8, 4) is 11.8 Å². The molecule has 6 nitrogen and oxygen atoms in total. The minimum atomic E-state index is -0.736.